The summed E-state index contributed by atoms with van der Waals surface area (Å²) in [5.41, 5.74) is 4.32. The molecule has 1 N–H and O–H groups in total. The lowest BCUT2D eigenvalue weighted by Gasteiger charge is -2.32. The fourth-order valence-electron chi connectivity index (χ4n) is 3.47. The second-order valence-corrected chi connectivity index (χ2v) is 7.31. The van der Waals surface area contributed by atoms with E-state index < -0.39 is 0 Å². The number of amides is 1. The molecule has 1 aliphatic heterocycles. The first-order valence-corrected chi connectivity index (χ1v) is 9.24. The first kappa shape index (κ1) is 17.8. The Morgan fingerprint density at radius 1 is 1.19 bits per heavy atom. The summed E-state index contributed by atoms with van der Waals surface area (Å²) in [6.07, 6.45) is 0. The zero-order chi connectivity index (χ0) is 19.0. The molecule has 5 nitrogen and oxygen atoms in total. The Morgan fingerprint density at radius 3 is 2.67 bits per heavy atom. The van der Waals surface area contributed by atoms with Crippen LogP contribution in [-0.4, -0.2) is 38.8 Å². The number of rotatable bonds is 4. The summed E-state index contributed by atoms with van der Waals surface area (Å²) in [5.74, 6) is -0.0751. The smallest absolute Gasteiger partial charge is 0.272 e. The number of aliphatic hydroxyl groups excluding tert-OH is 1. The van der Waals surface area contributed by atoms with Gasteiger partial charge in [-0.2, -0.15) is 5.10 Å². The van der Waals surface area contributed by atoms with Crippen molar-refractivity contribution in [1.29, 1.82) is 0 Å². The first-order chi connectivity index (χ1) is 13.0. The molecule has 2 aromatic carbocycles. The molecule has 0 bridgehead atoms. The van der Waals surface area contributed by atoms with Gasteiger partial charge in [-0.3, -0.25) is 9.48 Å². The molecule has 0 radical (unpaired) electrons. The molecule has 1 amide bonds. The highest BCUT2D eigenvalue weighted by molar-refractivity contribution is 6.30. The third-order valence-corrected chi connectivity index (χ3v) is 5.08. The highest BCUT2D eigenvalue weighted by Crippen LogP contribution is 2.28. The van der Waals surface area contributed by atoms with Crippen LogP contribution < -0.4 is 0 Å². The molecule has 2 heterocycles. The van der Waals surface area contributed by atoms with E-state index in [1.165, 1.54) is 0 Å². The Kier molecular flexibility index (Phi) is 4.72. The number of fused-ring (bicyclic) bond motifs is 1. The highest BCUT2D eigenvalue weighted by atomic mass is 35.5. The molecule has 27 heavy (non-hydrogen) atoms. The number of halogens is 1. The van der Waals surface area contributed by atoms with E-state index in [2.05, 4.69) is 11.2 Å². The van der Waals surface area contributed by atoms with Crippen LogP contribution in [0.25, 0.3) is 11.3 Å². The van der Waals surface area contributed by atoms with Crippen molar-refractivity contribution in [1.82, 2.24) is 14.7 Å². The number of benzene rings is 2. The van der Waals surface area contributed by atoms with Crippen molar-refractivity contribution < 1.29 is 9.90 Å². The van der Waals surface area contributed by atoms with Gasteiger partial charge in [0, 0.05) is 23.7 Å². The Balaban J connectivity index is 1.66. The van der Waals surface area contributed by atoms with Gasteiger partial charge in [0.2, 0.25) is 0 Å². The zero-order valence-corrected chi connectivity index (χ0v) is 15.7. The average Bonchev–Trinajstić information content (AvgIpc) is 3.10. The summed E-state index contributed by atoms with van der Waals surface area (Å²) in [7, 11) is 0. The second kappa shape index (κ2) is 7.18. The van der Waals surface area contributed by atoms with Gasteiger partial charge in [-0.15, -0.1) is 0 Å². The second-order valence-electron chi connectivity index (χ2n) is 6.88. The van der Waals surface area contributed by atoms with Crippen LogP contribution in [0.5, 0.6) is 0 Å². The number of aryl methyl sites for hydroxylation is 1. The lowest BCUT2D eigenvalue weighted by molar-refractivity contribution is 0.0592. The van der Waals surface area contributed by atoms with E-state index in [4.69, 9.17) is 11.6 Å². The summed E-state index contributed by atoms with van der Waals surface area (Å²) >= 11 is 5.96. The van der Waals surface area contributed by atoms with E-state index in [-0.39, 0.29) is 18.6 Å². The van der Waals surface area contributed by atoms with E-state index in [1.54, 1.807) is 27.8 Å². The van der Waals surface area contributed by atoms with E-state index in [9.17, 15) is 9.90 Å². The molecule has 4 rings (SSSR count). The molecule has 0 aliphatic carbocycles. The largest absolute Gasteiger partial charge is 0.394 e. The van der Waals surface area contributed by atoms with Crippen LogP contribution in [0.2, 0.25) is 5.02 Å². The van der Waals surface area contributed by atoms with Gasteiger partial charge >= 0.3 is 0 Å². The predicted molar refractivity (Wildman–Crippen MR) is 105 cm³/mol. The highest BCUT2D eigenvalue weighted by Gasteiger charge is 2.32. The number of carbonyl (C=O) groups excluding carboxylic acids is 1. The van der Waals surface area contributed by atoms with E-state index in [0.29, 0.717) is 29.5 Å². The van der Waals surface area contributed by atoms with Crippen LogP contribution in [0.1, 0.15) is 27.7 Å². The number of nitrogens with zero attached hydrogens (tertiary/aromatic N) is 3. The van der Waals surface area contributed by atoms with Gasteiger partial charge in [0.15, 0.2) is 0 Å². The molecule has 0 fully saturated rings. The van der Waals surface area contributed by atoms with Gasteiger partial charge in [-0.1, -0.05) is 53.6 Å². The van der Waals surface area contributed by atoms with Crippen LogP contribution in [-0.2, 0) is 6.54 Å². The molecule has 3 aromatic rings. The maximum Gasteiger partial charge on any atom is 0.272 e. The first-order valence-electron chi connectivity index (χ1n) is 8.86. The van der Waals surface area contributed by atoms with Gasteiger partial charge in [0.05, 0.1) is 18.3 Å². The van der Waals surface area contributed by atoms with Gasteiger partial charge in [0.1, 0.15) is 5.69 Å². The topological polar surface area (TPSA) is 58.4 Å². The molecule has 1 unspecified atom stereocenters. The molecule has 0 spiro atoms. The van der Waals surface area contributed by atoms with E-state index >= 15 is 0 Å². The van der Waals surface area contributed by atoms with Crippen molar-refractivity contribution in [3.8, 4) is 11.3 Å². The van der Waals surface area contributed by atoms with E-state index in [0.717, 1.165) is 16.7 Å². The summed E-state index contributed by atoms with van der Waals surface area (Å²) in [4.78, 5) is 14.8. The third-order valence-electron chi connectivity index (χ3n) is 4.83. The van der Waals surface area contributed by atoms with Gasteiger partial charge in [-0.25, -0.2) is 0 Å². The summed E-state index contributed by atoms with van der Waals surface area (Å²) < 4.78 is 1.65. The SMILES string of the molecule is Cc1cccc(CN2CC(CO)n3nc(-c4ccc(Cl)cc4)cc3C2=O)c1. The molecule has 1 aliphatic rings. The van der Waals surface area contributed by atoms with Crippen molar-refractivity contribution in [2.24, 2.45) is 0 Å². The number of hydrogen-bond acceptors (Lipinski definition) is 3. The number of aromatic nitrogens is 2. The van der Waals surface area contributed by atoms with Crippen molar-refractivity contribution >= 4 is 17.5 Å². The quantitative estimate of drug-likeness (QED) is 0.749. The van der Waals surface area contributed by atoms with Crippen molar-refractivity contribution in [3.05, 3.63) is 76.4 Å². The molecule has 1 atom stereocenters. The summed E-state index contributed by atoms with van der Waals surface area (Å²) in [6, 6.07) is 17.0. The van der Waals surface area contributed by atoms with Crippen LogP contribution >= 0.6 is 11.6 Å². The van der Waals surface area contributed by atoms with Crippen LogP contribution in [0.4, 0.5) is 0 Å². The van der Waals surface area contributed by atoms with Crippen LogP contribution in [0.3, 0.4) is 0 Å². The lowest BCUT2D eigenvalue weighted by Crippen LogP contribution is -2.43. The Morgan fingerprint density at radius 2 is 1.96 bits per heavy atom. The number of carbonyl (C=O) groups is 1. The van der Waals surface area contributed by atoms with Gasteiger partial charge in [0.25, 0.3) is 5.91 Å². The molecule has 1 aromatic heterocycles. The normalized spacial score (nSPS) is 16.5. The predicted octanol–water partition coefficient (Wildman–Crippen LogP) is 3.70. The van der Waals surface area contributed by atoms with E-state index in [1.807, 2.05) is 37.3 Å². The monoisotopic (exact) mass is 381 g/mol. The van der Waals surface area contributed by atoms with Crippen molar-refractivity contribution in [2.45, 2.75) is 19.5 Å². The Labute approximate surface area is 162 Å². The maximum atomic E-state index is 13.0. The van der Waals surface area contributed by atoms with Crippen molar-refractivity contribution in [3.63, 3.8) is 0 Å². The van der Waals surface area contributed by atoms with Gasteiger partial charge in [-0.05, 0) is 30.7 Å². The Hall–Kier alpha value is -2.63. The average molecular weight is 382 g/mol. The standard InChI is InChI=1S/C21H20ClN3O2/c1-14-3-2-4-15(9-14)11-24-12-18(13-26)25-20(21(24)27)10-19(23-25)16-5-7-17(22)8-6-16/h2-10,18,26H,11-13H2,1H3. The van der Waals surface area contributed by atoms with Crippen molar-refractivity contribution in [2.75, 3.05) is 13.2 Å². The maximum absolute atomic E-state index is 13.0. The molecular formula is C21H20ClN3O2. The lowest BCUT2D eigenvalue weighted by atomic mass is 10.1. The van der Waals surface area contributed by atoms with Crippen LogP contribution in [0, 0.1) is 6.92 Å². The zero-order valence-electron chi connectivity index (χ0n) is 15.0. The fraction of sp³-hybridized carbons (Fsp3) is 0.238. The summed E-state index contributed by atoms with van der Waals surface area (Å²) in [6.45, 7) is 2.90. The molecule has 0 saturated heterocycles. The minimum Gasteiger partial charge on any atom is -0.394 e. The minimum absolute atomic E-state index is 0.0751. The summed E-state index contributed by atoms with van der Waals surface area (Å²) in [5, 5.41) is 15.1. The minimum atomic E-state index is -0.261. The molecular weight excluding hydrogens is 362 g/mol. The fourth-order valence-corrected chi connectivity index (χ4v) is 3.60. The molecule has 0 saturated carbocycles. The van der Waals surface area contributed by atoms with Gasteiger partial charge < -0.3 is 10.0 Å². The molecule has 138 valence electrons. The molecule has 6 heteroatoms. The number of aliphatic hydroxyl groups is 1. The third kappa shape index (κ3) is 3.48. The Bertz CT molecular complexity index is 981. The van der Waals surface area contributed by atoms with Crippen LogP contribution in [0.15, 0.2) is 54.6 Å². The number of hydrogen-bond donors (Lipinski definition) is 1.